The maximum atomic E-state index is 13.1. The molecule has 0 aliphatic rings. The molecule has 0 rings (SSSR count). The highest BCUT2D eigenvalue weighted by Crippen LogP contribution is 2.38. The van der Waals surface area contributed by atoms with Gasteiger partial charge in [0.15, 0.2) is 0 Å². The Bertz CT molecular complexity index is 1250. The lowest BCUT2D eigenvalue weighted by molar-refractivity contribution is -0.870. The predicted octanol–water partition coefficient (Wildman–Crippen LogP) is 22.1. The zero-order valence-corrected chi connectivity index (χ0v) is 55.3. The summed E-state index contributed by atoms with van der Waals surface area (Å²) in [4.78, 5) is 25.7. The molecule has 0 saturated carbocycles. The van der Waals surface area contributed by atoms with Crippen LogP contribution >= 0.6 is 7.82 Å². The Morgan fingerprint density at radius 1 is 0.392 bits per heavy atom. The lowest BCUT2D eigenvalue weighted by atomic mass is 10.0. The third-order valence-electron chi connectivity index (χ3n) is 17.1. The van der Waals surface area contributed by atoms with E-state index >= 15 is 0 Å². The van der Waals surface area contributed by atoms with E-state index in [1.165, 1.54) is 327 Å². The molecule has 8 nitrogen and oxygen atoms in total. The molecule has 0 heterocycles. The van der Waals surface area contributed by atoms with E-state index in [0.29, 0.717) is 23.9 Å². The fourth-order valence-corrected chi connectivity index (χ4v) is 12.2. The summed E-state index contributed by atoms with van der Waals surface area (Å²) in [5.74, 6) is -0.153. The molecule has 0 spiro atoms. The van der Waals surface area contributed by atoms with Crippen LogP contribution in [-0.2, 0) is 18.4 Å². The Morgan fingerprint density at radius 2 is 0.620 bits per heavy atom. The summed E-state index contributed by atoms with van der Waals surface area (Å²) in [6, 6.07) is -0.797. The second-order valence-corrected chi connectivity index (χ2v) is 27.7. The number of carbonyl (C=O) groups excluding carboxylic acids is 1. The van der Waals surface area contributed by atoms with Crippen LogP contribution in [0.4, 0.5) is 0 Å². The van der Waals surface area contributed by atoms with Gasteiger partial charge in [-0.2, -0.15) is 0 Å². The van der Waals surface area contributed by atoms with Crippen molar-refractivity contribution >= 4 is 13.7 Å². The highest BCUT2D eigenvalue weighted by molar-refractivity contribution is 7.45. The lowest BCUT2D eigenvalue weighted by Gasteiger charge is -2.30. The average Bonchev–Trinajstić information content (AvgIpc) is 3.42. The first-order valence-electron chi connectivity index (χ1n) is 35.9. The summed E-state index contributed by atoms with van der Waals surface area (Å²) >= 11 is 0. The molecule has 474 valence electrons. The van der Waals surface area contributed by atoms with Crippen molar-refractivity contribution in [2.45, 2.75) is 405 Å². The van der Waals surface area contributed by atoms with Crippen molar-refractivity contribution < 1.29 is 32.9 Å². The van der Waals surface area contributed by atoms with E-state index in [2.05, 4.69) is 19.2 Å². The quantitative estimate of drug-likeness (QED) is 0.0357. The minimum absolute atomic E-state index is 0.0170. The predicted molar refractivity (Wildman–Crippen MR) is 344 cm³/mol. The molecular weight excluding hydrogens is 996 g/mol. The van der Waals surface area contributed by atoms with Gasteiger partial charge >= 0.3 is 0 Å². The summed E-state index contributed by atoms with van der Waals surface area (Å²) in [6.07, 6.45) is 77.6. The molecule has 2 N–H and O–H groups in total. The minimum atomic E-state index is -4.58. The molecule has 0 aromatic heterocycles. The number of phosphoric ester groups is 1. The Hall–Kier alpha value is -0.500. The van der Waals surface area contributed by atoms with Crippen molar-refractivity contribution in [3.63, 3.8) is 0 Å². The Balaban J connectivity index is 3.96. The number of likely N-dealkylation sites (N-methyl/N-ethyl adjacent to an activating group) is 1. The molecule has 3 unspecified atom stereocenters. The number of hydrogen-bond acceptors (Lipinski definition) is 6. The van der Waals surface area contributed by atoms with Gasteiger partial charge in [0.25, 0.3) is 7.82 Å². The first-order valence-corrected chi connectivity index (χ1v) is 37.3. The summed E-state index contributed by atoms with van der Waals surface area (Å²) < 4.78 is 23.6. The molecule has 0 aromatic rings. The maximum absolute atomic E-state index is 13.1. The number of nitrogens with zero attached hydrogens (tertiary/aromatic N) is 1. The van der Waals surface area contributed by atoms with E-state index in [1.807, 2.05) is 21.1 Å². The lowest BCUT2D eigenvalue weighted by Crippen LogP contribution is -2.46. The minimum Gasteiger partial charge on any atom is -0.756 e. The molecule has 0 bridgehead atoms. The number of aliphatic hydroxyl groups is 1. The molecule has 0 fully saturated rings. The number of nitrogens with one attached hydrogen (secondary N) is 1. The third-order valence-corrected chi connectivity index (χ3v) is 18.1. The van der Waals surface area contributed by atoms with E-state index in [0.717, 1.165) is 38.5 Å². The smallest absolute Gasteiger partial charge is 0.268 e. The number of carbonyl (C=O) groups is 1. The summed E-state index contributed by atoms with van der Waals surface area (Å²) in [6.45, 7) is 4.80. The molecular formula is C70H143N2O6P. The highest BCUT2D eigenvalue weighted by Gasteiger charge is 2.24. The SMILES string of the molecule is CCCCCCCCCCCCCCCCCCCCCCCCCCCCCCCCCC(=O)NC(COP(=O)([O-])OCC[N+](C)(C)C)C(O)CCCCCCCCCCCCCCCCCCCCCCCCCCCC. The maximum Gasteiger partial charge on any atom is 0.268 e. The molecule has 0 radical (unpaired) electrons. The third kappa shape index (κ3) is 64.9. The van der Waals surface area contributed by atoms with Crippen LogP contribution in [-0.4, -0.2) is 68.5 Å². The van der Waals surface area contributed by atoms with Gasteiger partial charge in [-0.05, 0) is 12.8 Å². The first-order chi connectivity index (χ1) is 38.5. The van der Waals surface area contributed by atoms with Gasteiger partial charge in [-0.3, -0.25) is 9.36 Å². The van der Waals surface area contributed by atoms with Crippen molar-refractivity contribution in [3.05, 3.63) is 0 Å². The van der Waals surface area contributed by atoms with Crippen LogP contribution in [0.1, 0.15) is 393 Å². The fraction of sp³-hybridized carbons (Fsp3) is 0.986. The monoisotopic (exact) mass is 1140 g/mol. The van der Waals surface area contributed by atoms with E-state index in [4.69, 9.17) is 9.05 Å². The Kier molecular flexibility index (Phi) is 61.7. The second kappa shape index (κ2) is 62.0. The van der Waals surface area contributed by atoms with Crippen LogP contribution in [0.25, 0.3) is 0 Å². The second-order valence-electron chi connectivity index (χ2n) is 26.3. The van der Waals surface area contributed by atoms with Gasteiger partial charge in [-0.25, -0.2) is 0 Å². The Morgan fingerprint density at radius 3 is 0.861 bits per heavy atom. The van der Waals surface area contributed by atoms with Gasteiger partial charge in [0.2, 0.25) is 5.91 Å². The van der Waals surface area contributed by atoms with Gasteiger partial charge in [-0.1, -0.05) is 373 Å². The largest absolute Gasteiger partial charge is 0.756 e. The van der Waals surface area contributed by atoms with Crippen molar-refractivity contribution in [1.82, 2.24) is 5.32 Å². The van der Waals surface area contributed by atoms with Crippen LogP contribution in [0.3, 0.4) is 0 Å². The van der Waals surface area contributed by atoms with Gasteiger partial charge in [0, 0.05) is 6.42 Å². The molecule has 3 atom stereocenters. The number of unbranched alkanes of at least 4 members (excludes halogenated alkanes) is 55. The average molecular weight is 1140 g/mol. The molecule has 0 aliphatic heterocycles. The number of rotatable bonds is 68. The van der Waals surface area contributed by atoms with Crippen molar-refractivity contribution in [2.75, 3.05) is 40.9 Å². The van der Waals surface area contributed by atoms with E-state index in [-0.39, 0.29) is 19.1 Å². The number of quaternary nitrogens is 1. The normalized spacial score (nSPS) is 13.6. The van der Waals surface area contributed by atoms with E-state index < -0.39 is 20.0 Å². The van der Waals surface area contributed by atoms with Gasteiger partial charge in [-0.15, -0.1) is 0 Å². The number of hydrogen-bond donors (Lipinski definition) is 2. The molecule has 1 amide bonds. The molecule has 79 heavy (non-hydrogen) atoms. The number of aliphatic hydroxyl groups excluding tert-OH is 1. The van der Waals surface area contributed by atoms with Gasteiger partial charge in [0.1, 0.15) is 13.2 Å². The zero-order chi connectivity index (χ0) is 57.7. The fourth-order valence-electron chi connectivity index (χ4n) is 11.5. The van der Waals surface area contributed by atoms with Crippen LogP contribution in [0.2, 0.25) is 0 Å². The van der Waals surface area contributed by atoms with Crippen LogP contribution in [0.15, 0.2) is 0 Å². The van der Waals surface area contributed by atoms with E-state index in [1.54, 1.807) is 0 Å². The highest BCUT2D eigenvalue weighted by atomic mass is 31.2. The Labute approximate surface area is 495 Å². The zero-order valence-electron chi connectivity index (χ0n) is 54.4. The van der Waals surface area contributed by atoms with E-state index in [9.17, 15) is 19.4 Å². The van der Waals surface area contributed by atoms with Gasteiger partial charge in [0.05, 0.1) is 39.9 Å². The number of phosphoric acid groups is 1. The van der Waals surface area contributed by atoms with Crippen LogP contribution in [0, 0.1) is 0 Å². The molecule has 0 saturated heterocycles. The summed E-state index contributed by atoms with van der Waals surface area (Å²) in [5.41, 5.74) is 0. The molecule has 0 aliphatic carbocycles. The van der Waals surface area contributed by atoms with Crippen LogP contribution in [0.5, 0.6) is 0 Å². The van der Waals surface area contributed by atoms with Crippen molar-refractivity contribution in [3.8, 4) is 0 Å². The number of amides is 1. The molecule has 9 heteroatoms. The van der Waals surface area contributed by atoms with Crippen molar-refractivity contribution in [2.24, 2.45) is 0 Å². The summed E-state index contributed by atoms with van der Waals surface area (Å²) in [5, 5.41) is 14.1. The standard InChI is InChI=1S/C70H143N2O6P/c1-6-8-10-12-14-16-18-20-22-24-26-28-30-32-34-35-36-37-38-40-42-44-46-48-50-52-54-56-58-60-62-64-70(74)71-68(67-78-79(75,76)77-66-65-72(3,4)5)69(73)63-61-59-57-55-53-51-49-47-45-43-41-39-33-31-29-27-25-23-21-19-17-15-13-11-9-7-2/h68-69,73H,6-67H2,1-5H3,(H-,71,74,75,76). The topological polar surface area (TPSA) is 108 Å². The molecule has 0 aromatic carbocycles. The van der Waals surface area contributed by atoms with Crippen LogP contribution < -0.4 is 10.2 Å². The van der Waals surface area contributed by atoms with Crippen molar-refractivity contribution in [1.29, 1.82) is 0 Å². The first kappa shape index (κ1) is 78.5. The summed E-state index contributed by atoms with van der Waals surface area (Å²) in [7, 11) is 1.33. The van der Waals surface area contributed by atoms with Gasteiger partial charge < -0.3 is 28.8 Å².